The summed E-state index contributed by atoms with van der Waals surface area (Å²) in [6, 6.07) is 5.44. The molecule has 0 radical (unpaired) electrons. The van der Waals surface area contributed by atoms with Gasteiger partial charge >= 0.3 is 0 Å². The molecule has 2 heterocycles. The fourth-order valence-electron chi connectivity index (χ4n) is 1.87. The Morgan fingerprint density at radius 1 is 1.33 bits per heavy atom. The van der Waals surface area contributed by atoms with Crippen LogP contribution < -0.4 is 10.6 Å². The summed E-state index contributed by atoms with van der Waals surface area (Å²) in [4.78, 5) is 16.5. The van der Waals surface area contributed by atoms with Crippen molar-refractivity contribution in [1.29, 1.82) is 0 Å². The summed E-state index contributed by atoms with van der Waals surface area (Å²) in [5, 5.41) is 10.6. The van der Waals surface area contributed by atoms with Crippen molar-refractivity contribution in [3.63, 3.8) is 0 Å². The molecule has 0 saturated carbocycles. The number of carbonyl (C=O) groups is 1. The highest BCUT2D eigenvalue weighted by atomic mass is 35.5. The maximum atomic E-state index is 12.2. The molecule has 134 valence electrons. The molecule has 1 amide bonds. The summed E-state index contributed by atoms with van der Waals surface area (Å²) in [6.07, 6.45) is 2.58. The first-order valence-electron chi connectivity index (χ1n) is 7.13. The maximum absolute atomic E-state index is 12.2. The van der Waals surface area contributed by atoms with E-state index in [9.17, 15) is 4.79 Å². The number of thioether (sulfide) groups is 1. The van der Waals surface area contributed by atoms with Gasteiger partial charge in [-0.1, -0.05) is 16.9 Å². The highest BCUT2D eigenvalue weighted by Gasteiger charge is 2.13. The molecule has 0 aliphatic carbocycles. The molecule has 0 bridgehead atoms. The van der Waals surface area contributed by atoms with E-state index in [2.05, 4.69) is 20.8 Å². The van der Waals surface area contributed by atoms with Crippen LogP contribution in [0, 0.1) is 6.92 Å². The van der Waals surface area contributed by atoms with Gasteiger partial charge in [0.05, 0.1) is 11.3 Å². The molecule has 0 aliphatic heterocycles. The Kier molecular flexibility index (Phi) is 11.5. The zero-order chi connectivity index (χ0) is 15.8. The van der Waals surface area contributed by atoms with E-state index in [0.29, 0.717) is 22.9 Å². The second kappa shape index (κ2) is 12.1. The van der Waals surface area contributed by atoms with Crippen LogP contribution in [0.1, 0.15) is 28.2 Å². The molecule has 2 rings (SSSR count). The molecular formula is C15H22Cl2N4O2S. The van der Waals surface area contributed by atoms with Gasteiger partial charge in [0.15, 0.2) is 0 Å². The highest BCUT2D eigenvalue weighted by Crippen LogP contribution is 2.24. The number of aromatic nitrogens is 2. The van der Waals surface area contributed by atoms with Gasteiger partial charge in [-0.25, -0.2) is 4.98 Å². The van der Waals surface area contributed by atoms with E-state index in [4.69, 9.17) is 4.52 Å². The highest BCUT2D eigenvalue weighted by molar-refractivity contribution is 7.98. The number of aryl methyl sites for hydroxylation is 1. The van der Waals surface area contributed by atoms with Crippen molar-refractivity contribution in [3.05, 3.63) is 41.4 Å². The minimum absolute atomic E-state index is 0. The SMILES string of the molecule is CNCCCNC(=O)c1cccnc1SCc1cc(C)on1.Cl.Cl. The lowest BCUT2D eigenvalue weighted by atomic mass is 10.2. The molecule has 2 aromatic heterocycles. The van der Waals surface area contributed by atoms with E-state index in [1.165, 1.54) is 11.8 Å². The number of hydrogen-bond acceptors (Lipinski definition) is 6. The van der Waals surface area contributed by atoms with Crippen molar-refractivity contribution < 1.29 is 9.32 Å². The third-order valence-electron chi connectivity index (χ3n) is 2.94. The van der Waals surface area contributed by atoms with Crippen LogP contribution in [0.5, 0.6) is 0 Å². The Balaban J connectivity index is 0.00000264. The molecule has 0 aliphatic rings. The minimum Gasteiger partial charge on any atom is -0.361 e. The smallest absolute Gasteiger partial charge is 0.254 e. The predicted molar refractivity (Wildman–Crippen MR) is 100 cm³/mol. The van der Waals surface area contributed by atoms with Gasteiger partial charge in [0, 0.05) is 24.6 Å². The van der Waals surface area contributed by atoms with Gasteiger partial charge in [-0.2, -0.15) is 0 Å². The maximum Gasteiger partial charge on any atom is 0.254 e. The Morgan fingerprint density at radius 3 is 2.79 bits per heavy atom. The summed E-state index contributed by atoms with van der Waals surface area (Å²) >= 11 is 1.48. The van der Waals surface area contributed by atoms with Gasteiger partial charge in [0.1, 0.15) is 10.8 Å². The first-order valence-corrected chi connectivity index (χ1v) is 8.12. The van der Waals surface area contributed by atoms with Gasteiger partial charge in [-0.3, -0.25) is 4.79 Å². The number of halogens is 2. The van der Waals surface area contributed by atoms with Crippen molar-refractivity contribution in [3.8, 4) is 0 Å². The fourth-order valence-corrected chi connectivity index (χ4v) is 2.74. The lowest BCUT2D eigenvalue weighted by Gasteiger charge is -2.08. The van der Waals surface area contributed by atoms with Gasteiger partial charge in [-0.05, 0) is 39.1 Å². The molecule has 0 spiro atoms. The molecule has 2 N–H and O–H groups in total. The van der Waals surface area contributed by atoms with Crippen LogP contribution in [0.25, 0.3) is 0 Å². The number of rotatable bonds is 8. The molecule has 0 unspecified atom stereocenters. The Morgan fingerprint density at radius 2 is 2.12 bits per heavy atom. The Bertz CT molecular complexity index is 625. The minimum atomic E-state index is -0.0944. The topological polar surface area (TPSA) is 80.0 Å². The second-order valence-electron chi connectivity index (χ2n) is 4.79. The monoisotopic (exact) mass is 392 g/mol. The quantitative estimate of drug-likeness (QED) is 0.530. The van der Waals surface area contributed by atoms with Gasteiger partial charge in [-0.15, -0.1) is 24.8 Å². The lowest BCUT2D eigenvalue weighted by molar-refractivity contribution is 0.0949. The van der Waals surface area contributed by atoms with Gasteiger partial charge < -0.3 is 15.2 Å². The van der Waals surface area contributed by atoms with Crippen LogP contribution in [0.2, 0.25) is 0 Å². The first-order chi connectivity index (χ1) is 10.7. The molecule has 6 nitrogen and oxygen atoms in total. The molecule has 24 heavy (non-hydrogen) atoms. The standard InChI is InChI=1S/C15H20N4O2S.2ClH/c1-11-9-12(19-21-11)10-22-15-13(5-3-7-18-15)14(20)17-8-4-6-16-2;;/h3,5,7,9,16H,4,6,8,10H2,1-2H3,(H,17,20);2*1H. The number of amides is 1. The third kappa shape index (κ3) is 7.09. The number of pyridine rings is 1. The summed E-state index contributed by atoms with van der Waals surface area (Å²) in [5.74, 6) is 1.30. The number of hydrogen-bond donors (Lipinski definition) is 2. The number of nitrogens with one attached hydrogen (secondary N) is 2. The lowest BCUT2D eigenvalue weighted by Crippen LogP contribution is -2.27. The van der Waals surface area contributed by atoms with Crippen molar-refractivity contribution in [2.45, 2.75) is 24.1 Å². The fraction of sp³-hybridized carbons (Fsp3) is 0.400. The van der Waals surface area contributed by atoms with E-state index < -0.39 is 0 Å². The van der Waals surface area contributed by atoms with E-state index >= 15 is 0 Å². The van der Waals surface area contributed by atoms with E-state index in [-0.39, 0.29) is 30.7 Å². The van der Waals surface area contributed by atoms with Crippen molar-refractivity contribution in [2.24, 2.45) is 0 Å². The van der Waals surface area contributed by atoms with Crippen LogP contribution in [0.4, 0.5) is 0 Å². The second-order valence-corrected chi connectivity index (χ2v) is 5.75. The summed E-state index contributed by atoms with van der Waals surface area (Å²) in [6.45, 7) is 3.37. The van der Waals surface area contributed by atoms with Crippen LogP contribution in [0.3, 0.4) is 0 Å². The zero-order valence-corrected chi connectivity index (χ0v) is 16.0. The third-order valence-corrected chi connectivity index (χ3v) is 3.98. The summed E-state index contributed by atoms with van der Waals surface area (Å²) < 4.78 is 5.04. The molecular weight excluding hydrogens is 371 g/mol. The van der Waals surface area contributed by atoms with Gasteiger partial charge in [0.2, 0.25) is 0 Å². The molecule has 0 aromatic carbocycles. The number of carbonyl (C=O) groups excluding carboxylic acids is 1. The van der Waals surface area contributed by atoms with E-state index in [1.54, 1.807) is 18.3 Å². The van der Waals surface area contributed by atoms with E-state index in [0.717, 1.165) is 24.4 Å². The van der Waals surface area contributed by atoms with Crippen LogP contribution >= 0.6 is 36.6 Å². The summed E-state index contributed by atoms with van der Waals surface area (Å²) in [5.41, 5.74) is 1.44. The van der Waals surface area contributed by atoms with Crippen molar-refractivity contribution in [2.75, 3.05) is 20.1 Å². The average Bonchev–Trinajstić information content (AvgIpc) is 2.95. The average molecular weight is 393 g/mol. The van der Waals surface area contributed by atoms with Crippen molar-refractivity contribution >= 4 is 42.5 Å². The molecule has 0 atom stereocenters. The molecule has 0 saturated heterocycles. The Hall–Kier alpha value is -1.28. The van der Waals surface area contributed by atoms with Gasteiger partial charge in [0.25, 0.3) is 5.91 Å². The molecule has 0 fully saturated rings. The van der Waals surface area contributed by atoms with Crippen LogP contribution in [-0.4, -0.2) is 36.2 Å². The first kappa shape index (κ1) is 22.7. The largest absolute Gasteiger partial charge is 0.361 e. The van der Waals surface area contributed by atoms with E-state index in [1.807, 2.05) is 20.0 Å². The normalized spacial score (nSPS) is 9.75. The predicted octanol–water partition coefficient (Wildman–Crippen LogP) is 2.85. The van der Waals surface area contributed by atoms with Crippen LogP contribution in [-0.2, 0) is 5.75 Å². The molecule has 2 aromatic rings. The summed E-state index contributed by atoms with van der Waals surface area (Å²) in [7, 11) is 1.89. The van der Waals surface area contributed by atoms with Crippen LogP contribution in [0.15, 0.2) is 33.9 Å². The Labute approximate surface area is 158 Å². The molecule has 9 heteroatoms. The van der Waals surface area contributed by atoms with Crippen molar-refractivity contribution in [1.82, 2.24) is 20.8 Å². The number of nitrogens with zero attached hydrogens (tertiary/aromatic N) is 2. The zero-order valence-electron chi connectivity index (χ0n) is 13.6.